The van der Waals surface area contributed by atoms with Crippen molar-refractivity contribution in [2.24, 2.45) is 0 Å². The highest BCUT2D eigenvalue weighted by molar-refractivity contribution is 9.11. The van der Waals surface area contributed by atoms with Gasteiger partial charge in [0.2, 0.25) is 0 Å². The monoisotopic (exact) mass is 376 g/mol. The Bertz CT molecular complexity index is 386. The van der Waals surface area contributed by atoms with Gasteiger partial charge in [0, 0.05) is 33.6 Å². The zero-order valence-corrected chi connectivity index (χ0v) is 14.7. The van der Waals surface area contributed by atoms with Gasteiger partial charge in [0.25, 0.3) is 0 Å². The lowest BCUT2D eigenvalue weighted by molar-refractivity contribution is 0.387. The van der Waals surface area contributed by atoms with Crippen molar-refractivity contribution in [3.63, 3.8) is 0 Å². The third kappa shape index (κ3) is 6.32. The SMILES string of the molecule is CC(CNC(C)(C)C)NCc1cc(Br)ccc1Br. The molecule has 1 aromatic carbocycles. The molecule has 1 unspecified atom stereocenters. The third-order valence-corrected chi connectivity index (χ3v) is 3.85. The van der Waals surface area contributed by atoms with E-state index in [4.69, 9.17) is 0 Å². The summed E-state index contributed by atoms with van der Waals surface area (Å²) in [6.45, 7) is 10.6. The van der Waals surface area contributed by atoms with E-state index in [0.29, 0.717) is 6.04 Å². The maximum Gasteiger partial charge on any atom is 0.0221 e. The molecule has 0 radical (unpaired) electrons. The van der Waals surface area contributed by atoms with Gasteiger partial charge in [-0.1, -0.05) is 31.9 Å². The lowest BCUT2D eigenvalue weighted by atomic mass is 10.1. The average molecular weight is 378 g/mol. The van der Waals surface area contributed by atoms with E-state index in [-0.39, 0.29) is 5.54 Å². The highest BCUT2D eigenvalue weighted by Gasteiger charge is 2.11. The summed E-state index contributed by atoms with van der Waals surface area (Å²) in [7, 11) is 0. The first-order chi connectivity index (χ1) is 8.28. The Kier molecular flexibility index (Phi) is 6.31. The predicted molar refractivity (Wildman–Crippen MR) is 85.9 cm³/mol. The van der Waals surface area contributed by atoms with Crippen molar-refractivity contribution in [2.75, 3.05) is 6.54 Å². The number of hydrogen-bond donors (Lipinski definition) is 2. The van der Waals surface area contributed by atoms with E-state index < -0.39 is 0 Å². The van der Waals surface area contributed by atoms with Crippen LogP contribution < -0.4 is 10.6 Å². The summed E-state index contributed by atoms with van der Waals surface area (Å²) >= 11 is 7.07. The quantitative estimate of drug-likeness (QED) is 0.807. The summed E-state index contributed by atoms with van der Waals surface area (Å²) in [5.74, 6) is 0. The summed E-state index contributed by atoms with van der Waals surface area (Å²) in [6.07, 6.45) is 0. The first-order valence-electron chi connectivity index (χ1n) is 6.20. The van der Waals surface area contributed by atoms with Gasteiger partial charge < -0.3 is 10.6 Å². The topological polar surface area (TPSA) is 24.1 Å². The van der Waals surface area contributed by atoms with Crippen molar-refractivity contribution in [1.82, 2.24) is 10.6 Å². The highest BCUT2D eigenvalue weighted by Crippen LogP contribution is 2.21. The Hall–Kier alpha value is 0.1000. The summed E-state index contributed by atoms with van der Waals surface area (Å²) in [4.78, 5) is 0. The van der Waals surface area contributed by atoms with Crippen LogP contribution in [-0.2, 0) is 6.54 Å². The van der Waals surface area contributed by atoms with Gasteiger partial charge in [-0.2, -0.15) is 0 Å². The molecule has 102 valence electrons. The Labute approximate surface area is 127 Å². The van der Waals surface area contributed by atoms with Crippen molar-refractivity contribution in [2.45, 2.75) is 45.8 Å². The lowest BCUT2D eigenvalue weighted by Crippen LogP contribution is -2.44. The molecule has 2 N–H and O–H groups in total. The van der Waals surface area contributed by atoms with Gasteiger partial charge in [0.05, 0.1) is 0 Å². The number of rotatable bonds is 5. The second kappa shape index (κ2) is 7.04. The van der Waals surface area contributed by atoms with Crippen molar-refractivity contribution < 1.29 is 0 Å². The minimum atomic E-state index is 0.173. The second-order valence-electron chi connectivity index (χ2n) is 5.65. The Morgan fingerprint density at radius 2 is 1.89 bits per heavy atom. The predicted octanol–water partition coefficient (Wildman–Crippen LogP) is 4.08. The number of benzene rings is 1. The molecule has 1 atom stereocenters. The van der Waals surface area contributed by atoms with Crippen LogP contribution in [0.15, 0.2) is 27.1 Å². The standard InChI is InChI=1S/C14H22Br2N2/c1-10(8-18-14(2,3)4)17-9-11-7-12(15)5-6-13(11)16/h5-7,10,17-18H,8-9H2,1-4H3. The fourth-order valence-electron chi connectivity index (χ4n) is 1.49. The van der Waals surface area contributed by atoms with E-state index in [0.717, 1.165) is 22.0 Å². The van der Waals surface area contributed by atoms with Crippen LogP contribution in [0.4, 0.5) is 0 Å². The summed E-state index contributed by atoms with van der Waals surface area (Å²) < 4.78 is 2.26. The summed E-state index contributed by atoms with van der Waals surface area (Å²) in [5.41, 5.74) is 1.44. The maximum atomic E-state index is 3.57. The molecule has 18 heavy (non-hydrogen) atoms. The number of hydrogen-bond acceptors (Lipinski definition) is 2. The molecule has 0 amide bonds. The molecule has 0 bridgehead atoms. The Morgan fingerprint density at radius 1 is 1.22 bits per heavy atom. The van der Waals surface area contributed by atoms with Crippen LogP contribution in [0.2, 0.25) is 0 Å². The molecule has 0 aliphatic heterocycles. The molecule has 0 heterocycles. The molecule has 0 aliphatic carbocycles. The zero-order valence-electron chi connectivity index (χ0n) is 11.5. The smallest absolute Gasteiger partial charge is 0.0221 e. The first-order valence-corrected chi connectivity index (χ1v) is 7.79. The van der Waals surface area contributed by atoms with Gasteiger partial charge >= 0.3 is 0 Å². The zero-order chi connectivity index (χ0) is 13.8. The van der Waals surface area contributed by atoms with Gasteiger partial charge in [0.1, 0.15) is 0 Å². The van der Waals surface area contributed by atoms with E-state index >= 15 is 0 Å². The molecule has 1 rings (SSSR count). The van der Waals surface area contributed by atoms with Crippen molar-refractivity contribution in [3.8, 4) is 0 Å². The highest BCUT2D eigenvalue weighted by atomic mass is 79.9. The number of halogens is 2. The molecular formula is C14H22Br2N2. The minimum absolute atomic E-state index is 0.173. The summed E-state index contributed by atoms with van der Waals surface area (Å²) in [6, 6.07) is 6.69. The second-order valence-corrected chi connectivity index (χ2v) is 7.42. The van der Waals surface area contributed by atoms with E-state index in [9.17, 15) is 0 Å². The van der Waals surface area contributed by atoms with Crippen molar-refractivity contribution >= 4 is 31.9 Å². The maximum absolute atomic E-state index is 3.57. The van der Waals surface area contributed by atoms with Crippen LogP contribution in [0.3, 0.4) is 0 Å². The average Bonchev–Trinajstić information content (AvgIpc) is 2.26. The largest absolute Gasteiger partial charge is 0.311 e. The Balaban J connectivity index is 2.42. The molecule has 0 aromatic heterocycles. The van der Waals surface area contributed by atoms with Crippen LogP contribution in [0.25, 0.3) is 0 Å². The fourth-order valence-corrected chi connectivity index (χ4v) is 2.29. The van der Waals surface area contributed by atoms with Gasteiger partial charge in [0.15, 0.2) is 0 Å². The number of nitrogens with one attached hydrogen (secondary N) is 2. The van der Waals surface area contributed by atoms with Crippen molar-refractivity contribution in [1.29, 1.82) is 0 Å². The van der Waals surface area contributed by atoms with Crippen LogP contribution in [0.5, 0.6) is 0 Å². The van der Waals surface area contributed by atoms with Crippen molar-refractivity contribution in [3.05, 3.63) is 32.7 Å². The van der Waals surface area contributed by atoms with Crippen LogP contribution in [0.1, 0.15) is 33.3 Å². The van der Waals surface area contributed by atoms with Gasteiger partial charge in [-0.3, -0.25) is 0 Å². The van der Waals surface area contributed by atoms with Crippen LogP contribution >= 0.6 is 31.9 Å². The van der Waals surface area contributed by atoms with Gasteiger partial charge in [-0.15, -0.1) is 0 Å². The van der Waals surface area contributed by atoms with Gasteiger partial charge in [-0.25, -0.2) is 0 Å². The lowest BCUT2D eigenvalue weighted by Gasteiger charge is -2.24. The van der Waals surface area contributed by atoms with E-state index in [1.54, 1.807) is 0 Å². The molecule has 1 aromatic rings. The third-order valence-electron chi connectivity index (χ3n) is 2.59. The molecule has 0 fully saturated rings. The molecule has 4 heteroatoms. The Morgan fingerprint density at radius 3 is 2.50 bits per heavy atom. The first kappa shape index (κ1) is 16.2. The van der Waals surface area contributed by atoms with Crippen LogP contribution in [-0.4, -0.2) is 18.1 Å². The minimum Gasteiger partial charge on any atom is -0.311 e. The molecule has 0 aliphatic rings. The molecule has 0 saturated carbocycles. The molecular weight excluding hydrogens is 356 g/mol. The summed E-state index contributed by atoms with van der Waals surface area (Å²) in [5, 5.41) is 7.03. The molecule has 0 saturated heterocycles. The van der Waals surface area contributed by atoms with E-state index in [1.165, 1.54) is 5.56 Å². The van der Waals surface area contributed by atoms with Crippen LogP contribution in [0, 0.1) is 0 Å². The fraction of sp³-hybridized carbons (Fsp3) is 0.571. The van der Waals surface area contributed by atoms with E-state index in [1.807, 2.05) is 6.07 Å². The normalized spacial score (nSPS) is 13.7. The van der Waals surface area contributed by atoms with E-state index in [2.05, 4.69) is 82.3 Å². The molecule has 0 spiro atoms. The van der Waals surface area contributed by atoms with Gasteiger partial charge in [-0.05, 0) is 51.5 Å². The molecule has 2 nitrogen and oxygen atoms in total.